The van der Waals surface area contributed by atoms with Gasteiger partial charge >= 0.3 is 0 Å². The summed E-state index contributed by atoms with van der Waals surface area (Å²) in [6.07, 6.45) is 14.0. The fraction of sp³-hybridized carbons (Fsp3) is 0.400. The van der Waals surface area contributed by atoms with Crippen LogP contribution in [0.5, 0.6) is 0 Å². The van der Waals surface area contributed by atoms with E-state index in [4.69, 9.17) is 14.7 Å². The number of nitrogens with zero attached hydrogens (tertiary/aromatic N) is 3. The van der Waals surface area contributed by atoms with Crippen molar-refractivity contribution in [2.45, 2.75) is 40.5 Å². The minimum atomic E-state index is -0.156. The third-order valence-corrected chi connectivity index (χ3v) is 5.89. The molecule has 0 amide bonds. The Balaban J connectivity index is 1.87. The number of hydrogen-bond acceptors (Lipinski definition) is 5. The minimum absolute atomic E-state index is 0.0710. The van der Waals surface area contributed by atoms with Gasteiger partial charge in [-0.05, 0) is 52.7 Å². The number of ketones is 1. The minimum Gasteiger partial charge on any atom is -0.494 e. The van der Waals surface area contributed by atoms with Gasteiger partial charge in [0.05, 0.1) is 6.61 Å². The molecule has 1 aliphatic heterocycles. The van der Waals surface area contributed by atoms with E-state index >= 15 is 0 Å². The molecule has 0 bridgehead atoms. The number of guanidine groups is 1. The third-order valence-electron chi connectivity index (χ3n) is 5.89. The van der Waals surface area contributed by atoms with Gasteiger partial charge in [-0.25, -0.2) is 9.98 Å². The van der Waals surface area contributed by atoms with Crippen molar-refractivity contribution in [3.8, 4) is 0 Å². The lowest BCUT2D eigenvalue weighted by Gasteiger charge is -2.27. The first-order valence-corrected chi connectivity index (χ1v) is 10.9. The quantitative estimate of drug-likeness (QED) is 0.670. The fourth-order valence-corrected chi connectivity index (χ4v) is 4.37. The van der Waals surface area contributed by atoms with Crippen LogP contribution >= 0.6 is 0 Å². The number of carbonyl (C=O) groups is 1. The lowest BCUT2D eigenvalue weighted by Crippen LogP contribution is -2.28. The van der Waals surface area contributed by atoms with Gasteiger partial charge in [0.2, 0.25) is 5.96 Å². The van der Waals surface area contributed by atoms with Gasteiger partial charge in [-0.3, -0.25) is 4.79 Å². The molecule has 1 heterocycles. The largest absolute Gasteiger partial charge is 0.494 e. The Morgan fingerprint density at radius 1 is 1.10 bits per heavy atom. The molecule has 0 saturated heterocycles. The van der Waals surface area contributed by atoms with E-state index in [1.54, 1.807) is 0 Å². The Bertz CT molecular complexity index is 1010. The van der Waals surface area contributed by atoms with Crippen LogP contribution in [0.2, 0.25) is 0 Å². The molecule has 156 valence electrons. The molecular weight excluding hydrogens is 374 g/mol. The number of rotatable bonds is 5. The second-order valence-corrected chi connectivity index (χ2v) is 7.70. The smallest absolute Gasteiger partial charge is 0.226 e. The van der Waals surface area contributed by atoms with E-state index in [2.05, 4.69) is 43.9 Å². The summed E-state index contributed by atoms with van der Waals surface area (Å²) in [6.45, 7) is 10.5. The van der Waals surface area contributed by atoms with Gasteiger partial charge in [-0.2, -0.15) is 0 Å². The molecule has 4 rings (SSSR count). The molecule has 5 nitrogen and oxygen atoms in total. The summed E-state index contributed by atoms with van der Waals surface area (Å²) in [5, 5.41) is 0. The predicted octanol–water partition coefficient (Wildman–Crippen LogP) is 4.67. The van der Waals surface area contributed by atoms with Gasteiger partial charge in [0.1, 0.15) is 17.2 Å². The molecule has 30 heavy (non-hydrogen) atoms. The molecule has 0 fully saturated rings. The van der Waals surface area contributed by atoms with Crippen molar-refractivity contribution in [3.05, 3.63) is 70.2 Å². The van der Waals surface area contributed by atoms with Crippen LogP contribution in [0.3, 0.4) is 0 Å². The van der Waals surface area contributed by atoms with Crippen molar-refractivity contribution in [2.24, 2.45) is 15.9 Å². The van der Waals surface area contributed by atoms with E-state index in [-0.39, 0.29) is 11.7 Å². The Kier molecular flexibility index (Phi) is 5.71. The molecule has 5 heteroatoms. The van der Waals surface area contributed by atoms with Crippen LogP contribution in [-0.4, -0.2) is 42.1 Å². The first-order chi connectivity index (χ1) is 14.6. The SMILES string of the molecule is CCOC1=CC=CC(C2=C3N=C(N(CC)CC)N=C3C3=CCCC=C3C2=O)C(C)=C1. The van der Waals surface area contributed by atoms with Crippen LogP contribution < -0.4 is 0 Å². The summed E-state index contributed by atoms with van der Waals surface area (Å²) < 4.78 is 5.70. The molecule has 0 aromatic rings. The van der Waals surface area contributed by atoms with Gasteiger partial charge in [0.15, 0.2) is 5.78 Å². The number of allylic oxidation sites excluding steroid dienone is 10. The van der Waals surface area contributed by atoms with Crippen LogP contribution in [0.4, 0.5) is 0 Å². The van der Waals surface area contributed by atoms with Crippen molar-refractivity contribution in [3.63, 3.8) is 0 Å². The van der Waals surface area contributed by atoms with E-state index in [1.807, 2.05) is 25.2 Å². The number of fused-ring (bicyclic) bond motifs is 3. The highest BCUT2D eigenvalue weighted by Gasteiger charge is 2.40. The predicted molar refractivity (Wildman–Crippen MR) is 121 cm³/mol. The average Bonchev–Trinajstić information content (AvgIpc) is 3.10. The monoisotopic (exact) mass is 403 g/mol. The highest BCUT2D eigenvalue weighted by molar-refractivity contribution is 6.35. The zero-order chi connectivity index (χ0) is 21.3. The average molecular weight is 404 g/mol. The Morgan fingerprint density at radius 2 is 1.83 bits per heavy atom. The topological polar surface area (TPSA) is 54.3 Å². The number of hydrogen-bond donors (Lipinski definition) is 0. The van der Waals surface area contributed by atoms with Gasteiger partial charge in [0, 0.05) is 35.7 Å². The molecule has 0 spiro atoms. The summed E-state index contributed by atoms with van der Waals surface area (Å²) in [5.74, 6) is 1.43. The maximum Gasteiger partial charge on any atom is 0.226 e. The second-order valence-electron chi connectivity index (χ2n) is 7.70. The number of ether oxygens (including phenoxy) is 1. The number of aliphatic imine (C=N–C) groups is 2. The molecule has 0 saturated carbocycles. The van der Waals surface area contributed by atoms with Crippen LogP contribution in [0.15, 0.2) is 80.2 Å². The maximum absolute atomic E-state index is 13.7. The molecule has 0 radical (unpaired) electrons. The first-order valence-electron chi connectivity index (χ1n) is 10.9. The normalized spacial score (nSPS) is 22.8. The summed E-state index contributed by atoms with van der Waals surface area (Å²) in [4.78, 5) is 25.6. The van der Waals surface area contributed by atoms with E-state index in [9.17, 15) is 4.79 Å². The molecule has 3 aliphatic carbocycles. The van der Waals surface area contributed by atoms with E-state index in [0.717, 1.165) is 65.4 Å². The van der Waals surface area contributed by atoms with Gasteiger partial charge < -0.3 is 9.64 Å². The Morgan fingerprint density at radius 3 is 2.53 bits per heavy atom. The van der Waals surface area contributed by atoms with E-state index in [0.29, 0.717) is 12.6 Å². The van der Waals surface area contributed by atoms with Crippen molar-refractivity contribution in [1.82, 2.24) is 4.90 Å². The lowest BCUT2D eigenvalue weighted by atomic mass is 9.75. The third kappa shape index (κ3) is 3.42. The van der Waals surface area contributed by atoms with Gasteiger partial charge in [-0.15, -0.1) is 0 Å². The molecule has 0 aromatic heterocycles. The highest BCUT2D eigenvalue weighted by Crippen LogP contribution is 2.41. The molecule has 1 unspecified atom stereocenters. The number of Topliss-reactive ketones (excluding diaryl/α,β-unsaturated/α-hetero) is 1. The van der Waals surface area contributed by atoms with Gasteiger partial charge in [-0.1, -0.05) is 29.9 Å². The van der Waals surface area contributed by atoms with Crippen molar-refractivity contribution in [1.29, 1.82) is 0 Å². The van der Waals surface area contributed by atoms with Crippen molar-refractivity contribution in [2.75, 3.05) is 19.7 Å². The van der Waals surface area contributed by atoms with Crippen molar-refractivity contribution >= 4 is 17.5 Å². The maximum atomic E-state index is 13.7. The molecule has 0 aromatic carbocycles. The summed E-state index contributed by atoms with van der Waals surface area (Å²) in [5.41, 5.74) is 5.09. The first kappa shape index (κ1) is 20.3. The summed E-state index contributed by atoms with van der Waals surface area (Å²) >= 11 is 0. The van der Waals surface area contributed by atoms with E-state index in [1.165, 1.54) is 0 Å². The highest BCUT2D eigenvalue weighted by atomic mass is 16.5. The van der Waals surface area contributed by atoms with Crippen LogP contribution in [0, 0.1) is 5.92 Å². The Labute approximate surface area is 178 Å². The molecule has 4 aliphatic rings. The molecule has 0 N–H and O–H groups in total. The lowest BCUT2D eigenvalue weighted by molar-refractivity contribution is -0.112. The molecule has 1 atom stereocenters. The van der Waals surface area contributed by atoms with Crippen LogP contribution in [0.25, 0.3) is 0 Å². The summed E-state index contributed by atoms with van der Waals surface area (Å²) in [6, 6.07) is 0. The number of carbonyl (C=O) groups excluding carboxylic acids is 1. The fourth-order valence-electron chi connectivity index (χ4n) is 4.37. The van der Waals surface area contributed by atoms with Crippen LogP contribution in [0.1, 0.15) is 40.5 Å². The van der Waals surface area contributed by atoms with Gasteiger partial charge in [0.25, 0.3) is 0 Å². The standard InChI is InChI=1S/C25H29N3O2/c1-5-28(6-2)25-26-22-19-12-8-9-13-20(19)24(29)21(23(22)27-25)18-14-10-11-17(30-7-3)15-16(18)4/h10-15,18H,5-9H2,1-4H3. The van der Waals surface area contributed by atoms with Crippen LogP contribution in [-0.2, 0) is 9.53 Å². The van der Waals surface area contributed by atoms with E-state index < -0.39 is 0 Å². The zero-order valence-electron chi connectivity index (χ0n) is 18.2. The van der Waals surface area contributed by atoms with Crippen molar-refractivity contribution < 1.29 is 9.53 Å². The zero-order valence-corrected chi connectivity index (χ0v) is 18.2. The second kappa shape index (κ2) is 8.42. The Hall–Kier alpha value is -2.95. The molecular formula is C25H29N3O2. The summed E-state index contributed by atoms with van der Waals surface area (Å²) in [7, 11) is 0.